The maximum Gasteiger partial charge on any atom is 0.146 e. The average molecular weight is 243 g/mol. The molecule has 5 heteroatoms. The van der Waals surface area contributed by atoms with Gasteiger partial charge in [0.2, 0.25) is 0 Å². The van der Waals surface area contributed by atoms with Gasteiger partial charge < -0.3 is 10.2 Å². The van der Waals surface area contributed by atoms with Gasteiger partial charge in [-0.1, -0.05) is 6.42 Å². The Morgan fingerprint density at radius 2 is 2.31 bits per heavy atom. The van der Waals surface area contributed by atoms with E-state index in [-0.39, 0.29) is 12.4 Å². The number of hydrogen-bond acceptors (Lipinski definition) is 4. The lowest BCUT2D eigenvalue weighted by molar-refractivity contribution is 0.403. The van der Waals surface area contributed by atoms with Crippen molar-refractivity contribution >= 4 is 18.2 Å². The number of rotatable bonds is 3. The fourth-order valence-corrected chi connectivity index (χ4v) is 1.99. The molecule has 0 aliphatic carbocycles. The lowest BCUT2D eigenvalue weighted by Crippen LogP contribution is -2.42. The van der Waals surface area contributed by atoms with Gasteiger partial charge in [-0.2, -0.15) is 0 Å². The minimum Gasteiger partial charge on any atom is -0.357 e. The summed E-state index contributed by atoms with van der Waals surface area (Å²) in [4.78, 5) is 10.5. The zero-order valence-corrected chi connectivity index (χ0v) is 10.4. The van der Waals surface area contributed by atoms with E-state index in [2.05, 4.69) is 27.2 Å². The molecule has 0 bridgehead atoms. The topological polar surface area (TPSA) is 41.0 Å². The summed E-state index contributed by atoms with van der Waals surface area (Å²) in [5, 5.41) is 3.53. The van der Waals surface area contributed by atoms with Crippen molar-refractivity contribution in [1.29, 1.82) is 0 Å². The highest BCUT2D eigenvalue weighted by molar-refractivity contribution is 5.85. The molecule has 0 saturated carbocycles. The minimum absolute atomic E-state index is 0. The van der Waals surface area contributed by atoms with Crippen LogP contribution in [0.4, 0.5) is 5.82 Å². The highest BCUT2D eigenvalue weighted by atomic mass is 35.5. The molecule has 2 rings (SSSR count). The Bertz CT molecular complexity index is 287. The molecule has 0 radical (unpaired) electrons. The van der Waals surface area contributed by atoms with Crippen molar-refractivity contribution in [3.8, 4) is 0 Å². The maximum absolute atomic E-state index is 4.28. The number of nitrogens with zero attached hydrogens (tertiary/aromatic N) is 3. The van der Waals surface area contributed by atoms with Gasteiger partial charge in [-0.25, -0.2) is 4.98 Å². The van der Waals surface area contributed by atoms with Crippen LogP contribution >= 0.6 is 12.4 Å². The number of anilines is 1. The molecule has 0 aromatic carbocycles. The first-order chi connectivity index (χ1) is 7.36. The van der Waals surface area contributed by atoms with Crippen molar-refractivity contribution in [3.63, 3.8) is 0 Å². The highest BCUT2D eigenvalue weighted by Gasteiger charge is 2.15. The molecule has 1 unspecified atom stereocenters. The van der Waals surface area contributed by atoms with Crippen LogP contribution in [-0.2, 0) is 0 Å². The summed E-state index contributed by atoms with van der Waals surface area (Å²) in [6, 6.07) is 0.603. The Morgan fingerprint density at radius 3 is 2.94 bits per heavy atom. The van der Waals surface area contributed by atoms with Gasteiger partial charge >= 0.3 is 0 Å². The molecule has 0 spiro atoms. The van der Waals surface area contributed by atoms with Gasteiger partial charge in [0.25, 0.3) is 0 Å². The second-order valence-corrected chi connectivity index (χ2v) is 4.09. The largest absolute Gasteiger partial charge is 0.357 e. The van der Waals surface area contributed by atoms with Gasteiger partial charge in [-0.05, 0) is 19.4 Å². The van der Waals surface area contributed by atoms with Gasteiger partial charge in [0, 0.05) is 32.0 Å². The first kappa shape index (κ1) is 13.2. The van der Waals surface area contributed by atoms with E-state index in [4.69, 9.17) is 0 Å². The van der Waals surface area contributed by atoms with Gasteiger partial charge in [0.05, 0.1) is 6.20 Å². The van der Waals surface area contributed by atoms with Crippen molar-refractivity contribution in [1.82, 2.24) is 15.3 Å². The molecule has 1 N–H and O–H groups in total. The first-order valence-electron chi connectivity index (χ1n) is 5.57. The molecule has 1 fully saturated rings. The van der Waals surface area contributed by atoms with E-state index in [1.807, 2.05) is 6.20 Å². The van der Waals surface area contributed by atoms with Crippen molar-refractivity contribution < 1.29 is 0 Å². The number of aromatic nitrogens is 2. The summed E-state index contributed by atoms with van der Waals surface area (Å²) in [6.45, 7) is 2.16. The molecular weight excluding hydrogens is 224 g/mol. The molecule has 2 heterocycles. The van der Waals surface area contributed by atoms with Crippen molar-refractivity contribution in [2.24, 2.45) is 0 Å². The van der Waals surface area contributed by atoms with E-state index >= 15 is 0 Å². The van der Waals surface area contributed by atoms with E-state index < -0.39 is 0 Å². The van der Waals surface area contributed by atoms with Crippen LogP contribution in [0, 0.1) is 0 Å². The molecule has 1 aliphatic heterocycles. The Kier molecular flexibility index (Phi) is 5.49. The second kappa shape index (κ2) is 6.66. The molecule has 1 saturated heterocycles. The van der Waals surface area contributed by atoms with Crippen LogP contribution in [0.3, 0.4) is 0 Å². The monoisotopic (exact) mass is 242 g/mol. The Hall–Kier alpha value is -0.870. The predicted molar refractivity (Wildman–Crippen MR) is 68.2 cm³/mol. The summed E-state index contributed by atoms with van der Waals surface area (Å²) < 4.78 is 0. The molecule has 1 aromatic rings. The van der Waals surface area contributed by atoms with Crippen molar-refractivity contribution in [3.05, 3.63) is 18.6 Å². The summed E-state index contributed by atoms with van der Waals surface area (Å²) >= 11 is 0. The number of piperidine rings is 1. The maximum atomic E-state index is 4.28. The molecule has 1 aromatic heterocycles. The number of halogens is 1. The SMILES string of the molecule is CN(CC1CCCCN1)c1cnccn1.Cl. The van der Waals surface area contributed by atoms with Crippen LogP contribution in [0.5, 0.6) is 0 Å². The fourth-order valence-electron chi connectivity index (χ4n) is 1.99. The van der Waals surface area contributed by atoms with E-state index in [1.165, 1.54) is 19.3 Å². The molecule has 1 atom stereocenters. The molecule has 90 valence electrons. The van der Waals surface area contributed by atoms with E-state index in [0.717, 1.165) is 18.9 Å². The Labute approximate surface area is 103 Å². The third-order valence-corrected chi connectivity index (χ3v) is 2.85. The zero-order chi connectivity index (χ0) is 10.5. The molecule has 16 heavy (non-hydrogen) atoms. The van der Waals surface area contributed by atoms with Crippen molar-refractivity contribution in [2.45, 2.75) is 25.3 Å². The third-order valence-electron chi connectivity index (χ3n) is 2.85. The molecule has 1 aliphatic rings. The van der Waals surface area contributed by atoms with Crippen LogP contribution < -0.4 is 10.2 Å². The average Bonchev–Trinajstić information content (AvgIpc) is 2.31. The quantitative estimate of drug-likeness (QED) is 0.872. The highest BCUT2D eigenvalue weighted by Crippen LogP contribution is 2.11. The van der Waals surface area contributed by atoms with E-state index in [0.29, 0.717) is 6.04 Å². The van der Waals surface area contributed by atoms with Gasteiger partial charge in [-0.3, -0.25) is 4.98 Å². The lowest BCUT2D eigenvalue weighted by atomic mass is 10.0. The minimum atomic E-state index is 0. The Morgan fingerprint density at radius 1 is 1.44 bits per heavy atom. The predicted octanol–water partition coefficient (Wildman–Crippen LogP) is 1.48. The molecule has 0 amide bonds. The van der Waals surface area contributed by atoms with Crippen LogP contribution in [0.1, 0.15) is 19.3 Å². The van der Waals surface area contributed by atoms with Crippen LogP contribution in [0.15, 0.2) is 18.6 Å². The summed E-state index contributed by atoms with van der Waals surface area (Å²) in [6.07, 6.45) is 9.17. The van der Waals surface area contributed by atoms with E-state index in [9.17, 15) is 0 Å². The zero-order valence-electron chi connectivity index (χ0n) is 9.59. The summed E-state index contributed by atoms with van der Waals surface area (Å²) in [5.74, 6) is 0.949. The first-order valence-corrected chi connectivity index (χ1v) is 5.57. The van der Waals surface area contributed by atoms with Gasteiger partial charge in [-0.15, -0.1) is 12.4 Å². The van der Waals surface area contributed by atoms with E-state index in [1.54, 1.807) is 12.4 Å². The fraction of sp³-hybridized carbons (Fsp3) is 0.636. The van der Waals surface area contributed by atoms with Crippen molar-refractivity contribution in [2.75, 3.05) is 25.0 Å². The summed E-state index contributed by atoms with van der Waals surface area (Å²) in [5.41, 5.74) is 0. The number of nitrogens with one attached hydrogen (secondary N) is 1. The molecular formula is C11H19ClN4. The second-order valence-electron chi connectivity index (χ2n) is 4.09. The normalized spacial score (nSPS) is 19.9. The van der Waals surface area contributed by atoms with Gasteiger partial charge in [0.15, 0.2) is 0 Å². The standard InChI is InChI=1S/C11H18N4.ClH/c1-15(11-8-12-6-7-14-11)9-10-4-2-3-5-13-10;/h6-8,10,13H,2-5,9H2,1H3;1H. The summed E-state index contributed by atoms with van der Waals surface area (Å²) in [7, 11) is 2.07. The van der Waals surface area contributed by atoms with Gasteiger partial charge in [0.1, 0.15) is 5.82 Å². The lowest BCUT2D eigenvalue weighted by Gasteiger charge is -2.28. The van der Waals surface area contributed by atoms with Crippen LogP contribution in [0.2, 0.25) is 0 Å². The number of likely N-dealkylation sites (N-methyl/N-ethyl adjacent to an activating group) is 1. The molecule has 4 nitrogen and oxygen atoms in total. The van der Waals surface area contributed by atoms with Crippen LogP contribution in [-0.4, -0.2) is 36.1 Å². The number of hydrogen-bond donors (Lipinski definition) is 1. The third kappa shape index (κ3) is 3.61. The van der Waals surface area contributed by atoms with Crippen LogP contribution in [0.25, 0.3) is 0 Å². The Balaban J connectivity index is 0.00000128. The smallest absolute Gasteiger partial charge is 0.146 e.